The van der Waals surface area contributed by atoms with Crippen LogP contribution in [0.5, 0.6) is 0 Å². The maximum Gasteiger partial charge on any atom is 0.0382 e. The maximum atomic E-state index is 6.29. The van der Waals surface area contributed by atoms with Crippen LogP contribution in [0.25, 0.3) is 0 Å². The van der Waals surface area contributed by atoms with Crippen LogP contribution in [0.15, 0.2) is 0 Å². The summed E-state index contributed by atoms with van der Waals surface area (Å²) < 4.78 is 0. The molecule has 1 aliphatic heterocycles. The molecule has 0 aromatic rings. The monoisotopic (exact) mass is 252 g/mol. The zero-order chi connectivity index (χ0) is 13.2. The van der Waals surface area contributed by atoms with Gasteiger partial charge in [0.2, 0.25) is 0 Å². The highest BCUT2D eigenvalue weighted by molar-refractivity contribution is 5.05. The molecule has 2 unspecified atom stereocenters. The average molecular weight is 252 g/mol. The molecule has 1 saturated heterocycles. The lowest BCUT2D eigenvalue weighted by atomic mass is 9.62. The first-order chi connectivity index (χ1) is 8.52. The van der Waals surface area contributed by atoms with Crippen LogP contribution >= 0.6 is 0 Å². The van der Waals surface area contributed by atoms with E-state index in [9.17, 15) is 0 Å². The molecule has 2 N–H and O–H groups in total. The number of rotatable bonds is 2. The van der Waals surface area contributed by atoms with Crippen LogP contribution in [-0.2, 0) is 0 Å². The van der Waals surface area contributed by atoms with Gasteiger partial charge in [0.15, 0.2) is 0 Å². The first-order valence-corrected chi connectivity index (χ1v) is 7.97. The van der Waals surface area contributed by atoms with E-state index in [-0.39, 0.29) is 5.54 Å². The number of hydrogen-bond donors (Lipinski definition) is 1. The summed E-state index contributed by atoms with van der Waals surface area (Å²) in [5, 5.41) is 0. The summed E-state index contributed by atoms with van der Waals surface area (Å²) in [7, 11) is 0. The lowest BCUT2D eigenvalue weighted by Gasteiger charge is -2.56. The topological polar surface area (TPSA) is 29.3 Å². The molecule has 2 nitrogen and oxygen atoms in total. The Morgan fingerprint density at radius 3 is 2.44 bits per heavy atom. The molecule has 0 bridgehead atoms. The third-order valence-corrected chi connectivity index (χ3v) is 5.86. The van der Waals surface area contributed by atoms with E-state index in [0.29, 0.717) is 5.41 Å². The molecule has 18 heavy (non-hydrogen) atoms. The van der Waals surface area contributed by atoms with Gasteiger partial charge in [-0.25, -0.2) is 0 Å². The SMILES string of the molecule is CC1CCCN(C2(CN)CCCCC2(C)C)CC1. The quantitative estimate of drug-likeness (QED) is 0.816. The van der Waals surface area contributed by atoms with E-state index in [1.165, 1.54) is 58.0 Å². The minimum absolute atomic E-state index is 0.273. The van der Waals surface area contributed by atoms with Crippen molar-refractivity contribution < 1.29 is 0 Å². The van der Waals surface area contributed by atoms with Gasteiger partial charge in [0.05, 0.1) is 0 Å². The fraction of sp³-hybridized carbons (Fsp3) is 1.00. The van der Waals surface area contributed by atoms with Crippen LogP contribution in [0.3, 0.4) is 0 Å². The molecule has 0 aromatic heterocycles. The molecule has 2 aliphatic rings. The average Bonchev–Trinajstić information content (AvgIpc) is 2.54. The summed E-state index contributed by atoms with van der Waals surface area (Å²) in [5.41, 5.74) is 6.94. The van der Waals surface area contributed by atoms with Crippen LogP contribution in [0.4, 0.5) is 0 Å². The fourth-order valence-electron chi connectivity index (χ4n) is 4.34. The molecular formula is C16H32N2. The van der Waals surface area contributed by atoms with Gasteiger partial charge in [-0.2, -0.15) is 0 Å². The highest BCUT2D eigenvalue weighted by atomic mass is 15.2. The van der Waals surface area contributed by atoms with E-state index in [4.69, 9.17) is 5.73 Å². The predicted molar refractivity (Wildman–Crippen MR) is 78.6 cm³/mol. The summed E-state index contributed by atoms with van der Waals surface area (Å²) >= 11 is 0. The third-order valence-electron chi connectivity index (χ3n) is 5.86. The van der Waals surface area contributed by atoms with Crippen molar-refractivity contribution in [3.63, 3.8) is 0 Å². The maximum absolute atomic E-state index is 6.29. The van der Waals surface area contributed by atoms with Gasteiger partial charge in [-0.15, -0.1) is 0 Å². The van der Waals surface area contributed by atoms with Crippen LogP contribution < -0.4 is 5.73 Å². The number of nitrogens with two attached hydrogens (primary N) is 1. The second-order valence-electron chi connectivity index (χ2n) is 7.35. The van der Waals surface area contributed by atoms with Crippen LogP contribution in [-0.4, -0.2) is 30.1 Å². The van der Waals surface area contributed by atoms with Crippen LogP contribution in [0, 0.1) is 11.3 Å². The van der Waals surface area contributed by atoms with E-state index < -0.39 is 0 Å². The van der Waals surface area contributed by atoms with E-state index in [0.717, 1.165) is 12.5 Å². The normalized spacial score (nSPS) is 38.3. The molecule has 106 valence electrons. The van der Waals surface area contributed by atoms with Gasteiger partial charge < -0.3 is 5.73 Å². The highest BCUT2D eigenvalue weighted by Crippen LogP contribution is 2.47. The molecule has 2 rings (SSSR count). The number of nitrogens with zero attached hydrogens (tertiary/aromatic N) is 1. The Hall–Kier alpha value is -0.0800. The van der Waals surface area contributed by atoms with Gasteiger partial charge in [-0.05, 0) is 56.5 Å². The Balaban J connectivity index is 2.19. The highest BCUT2D eigenvalue weighted by Gasteiger charge is 2.49. The first-order valence-electron chi connectivity index (χ1n) is 7.97. The van der Waals surface area contributed by atoms with Crippen molar-refractivity contribution in [1.82, 2.24) is 4.90 Å². The lowest BCUT2D eigenvalue weighted by Crippen LogP contribution is -2.63. The minimum atomic E-state index is 0.273. The van der Waals surface area contributed by atoms with Crippen molar-refractivity contribution in [2.75, 3.05) is 19.6 Å². The zero-order valence-electron chi connectivity index (χ0n) is 12.7. The van der Waals surface area contributed by atoms with Crippen molar-refractivity contribution in [3.8, 4) is 0 Å². The van der Waals surface area contributed by atoms with Gasteiger partial charge in [-0.1, -0.05) is 33.6 Å². The smallest absolute Gasteiger partial charge is 0.0382 e. The molecule has 0 aromatic carbocycles. The van der Waals surface area contributed by atoms with Crippen LogP contribution in [0.2, 0.25) is 0 Å². The molecular weight excluding hydrogens is 220 g/mol. The molecule has 2 fully saturated rings. The van der Waals surface area contributed by atoms with E-state index in [1.54, 1.807) is 0 Å². The number of likely N-dealkylation sites (tertiary alicyclic amines) is 1. The Labute approximate surface area is 113 Å². The third kappa shape index (κ3) is 2.46. The van der Waals surface area contributed by atoms with Gasteiger partial charge in [0.25, 0.3) is 0 Å². The number of hydrogen-bond acceptors (Lipinski definition) is 2. The molecule has 0 spiro atoms. The van der Waals surface area contributed by atoms with Crippen molar-refractivity contribution in [2.45, 2.75) is 71.3 Å². The predicted octanol–water partition coefficient (Wildman–Crippen LogP) is 3.41. The van der Waals surface area contributed by atoms with Crippen molar-refractivity contribution in [1.29, 1.82) is 0 Å². The minimum Gasteiger partial charge on any atom is -0.329 e. The standard InChI is InChI=1S/C16H32N2/c1-14-7-6-11-18(12-8-14)16(13-17)10-5-4-9-15(16,2)3/h14H,4-13,17H2,1-3H3. The van der Waals surface area contributed by atoms with E-state index in [2.05, 4.69) is 25.7 Å². The summed E-state index contributed by atoms with van der Waals surface area (Å²) in [6, 6.07) is 0. The van der Waals surface area contributed by atoms with Crippen molar-refractivity contribution >= 4 is 0 Å². The van der Waals surface area contributed by atoms with E-state index in [1.807, 2.05) is 0 Å². The van der Waals surface area contributed by atoms with Gasteiger partial charge in [0.1, 0.15) is 0 Å². The summed E-state index contributed by atoms with van der Waals surface area (Å²) in [6.45, 7) is 10.7. The Morgan fingerprint density at radius 1 is 1.06 bits per heavy atom. The molecule has 0 radical (unpaired) electrons. The Bertz CT molecular complexity index is 274. The molecule has 2 atom stereocenters. The zero-order valence-corrected chi connectivity index (χ0v) is 12.7. The molecule has 1 heterocycles. The van der Waals surface area contributed by atoms with Crippen molar-refractivity contribution in [3.05, 3.63) is 0 Å². The Kier molecular flexibility index (Phi) is 4.38. The second-order valence-corrected chi connectivity index (χ2v) is 7.35. The Morgan fingerprint density at radius 2 is 1.78 bits per heavy atom. The lowest BCUT2D eigenvalue weighted by molar-refractivity contribution is -0.0426. The first kappa shape index (κ1) is 14.3. The van der Waals surface area contributed by atoms with Crippen molar-refractivity contribution in [2.24, 2.45) is 17.1 Å². The second kappa shape index (κ2) is 5.50. The molecule has 0 amide bonds. The van der Waals surface area contributed by atoms with Crippen LogP contribution in [0.1, 0.15) is 65.7 Å². The van der Waals surface area contributed by atoms with Gasteiger partial charge >= 0.3 is 0 Å². The van der Waals surface area contributed by atoms with Gasteiger partial charge in [-0.3, -0.25) is 4.90 Å². The molecule has 2 heteroatoms. The summed E-state index contributed by atoms with van der Waals surface area (Å²) in [5.74, 6) is 0.900. The summed E-state index contributed by atoms with van der Waals surface area (Å²) in [6.07, 6.45) is 9.53. The van der Waals surface area contributed by atoms with Gasteiger partial charge in [0, 0.05) is 12.1 Å². The summed E-state index contributed by atoms with van der Waals surface area (Å²) in [4.78, 5) is 2.77. The molecule has 1 saturated carbocycles. The van der Waals surface area contributed by atoms with E-state index >= 15 is 0 Å². The molecule has 1 aliphatic carbocycles. The largest absolute Gasteiger partial charge is 0.329 e. The fourth-order valence-corrected chi connectivity index (χ4v) is 4.34.